The summed E-state index contributed by atoms with van der Waals surface area (Å²) in [6, 6.07) is 6.79. The van der Waals surface area contributed by atoms with Gasteiger partial charge in [-0.25, -0.2) is 19.9 Å². The highest BCUT2D eigenvalue weighted by Crippen LogP contribution is 2.08. The maximum atomic E-state index is 11.1. The van der Waals surface area contributed by atoms with Crippen LogP contribution in [0, 0.1) is 11.3 Å². The highest BCUT2D eigenvalue weighted by Gasteiger charge is 2.21. The van der Waals surface area contributed by atoms with Crippen LogP contribution in [0.1, 0.15) is 47.2 Å². The van der Waals surface area contributed by atoms with E-state index in [2.05, 4.69) is 4.98 Å². The predicted octanol–water partition coefficient (Wildman–Crippen LogP) is 4.05. The van der Waals surface area contributed by atoms with Crippen molar-refractivity contribution in [2.75, 3.05) is 0 Å². The van der Waals surface area contributed by atoms with Crippen LogP contribution in [0.2, 0.25) is 5.15 Å². The molecule has 1 heterocycles. The van der Waals surface area contributed by atoms with E-state index in [1.165, 1.54) is 0 Å². The number of hydrogen-bond acceptors (Lipinski definition) is 6. The number of hydrogen-bond donors (Lipinski definition) is 1. The van der Waals surface area contributed by atoms with E-state index in [1.54, 1.807) is 59.7 Å². The summed E-state index contributed by atoms with van der Waals surface area (Å²) >= 11 is 5.46. The molecule has 0 aromatic carbocycles. The summed E-state index contributed by atoms with van der Waals surface area (Å²) < 4.78 is 9.74. The number of nitrogens with zero attached hydrogens (tertiary/aromatic N) is 2. The van der Waals surface area contributed by atoms with Crippen molar-refractivity contribution in [3.63, 3.8) is 0 Å². The zero-order valence-electron chi connectivity index (χ0n) is 14.6. The zero-order valence-corrected chi connectivity index (χ0v) is 15.4. The lowest BCUT2D eigenvalue weighted by molar-refractivity contribution is 0.0353. The van der Waals surface area contributed by atoms with Crippen molar-refractivity contribution >= 4 is 23.8 Å². The Morgan fingerprint density at radius 1 is 1.08 bits per heavy atom. The SMILES string of the molecule is CC(C)(C)OC(=O)NC(=O)OC(C)(C)C.N#Cc1cccc(Cl)n1. The van der Waals surface area contributed by atoms with Crippen molar-refractivity contribution in [1.29, 1.82) is 5.26 Å². The number of nitriles is 1. The van der Waals surface area contributed by atoms with E-state index >= 15 is 0 Å². The van der Waals surface area contributed by atoms with Gasteiger partial charge in [0.25, 0.3) is 0 Å². The Balaban J connectivity index is 0.000000496. The van der Waals surface area contributed by atoms with Crippen LogP contribution in [-0.2, 0) is 9.47 Å². The van der Waals surface area contributed by atoms with Gasteiger partial charge in [0.2, 0.25) is 0 Å². The molecule has 0 unspecified atom stereocenters. The van der Waals surface area contributed by atoms with Crippen molar-refractivity contribution in [1.82, 2.24) is 10.3 Å². The van der Waals surface area contributed by atoms with Gasteiger partial charge in [0, 0.05) is 0 Å². The lowest BCUT2D eigenvalue weighted by Crippen LogP contribution is -2.39. The first-order chi connectivity index (χ1) is 10.8. The molecule has 0 aliphatic carbocycles. The number of halogens is 1. The van der Waals surface area contributed by atoms with Gasteiger partial charge in [-0.2, -0.15) is 5.26 Å². The van der Waals surface area contributed by atoms with Gasteiger partial charge in [0.05, 0.1) is 0 Å². The van der Waals surface area contributed by atoms with E-state index in [4.69, 9.17) is 26.3 Å². The topological polar surface area (TPSA) is 101 Å². The molecule has 24 heavy (non-hydrogen) atoms. The largest absolute Gasteiger partial charge is 0.443 e. The normalized spacial score (nSPS) is 10.6. The van der Waals surface area contributed by atoms with E-state index in [-0.39, 0.29) is 0 Å². The summed E-state index contributed by atoms with van der Waals surface area (Å²) in [5.74, 6) is 0. The number of nitrogens with one attached hydrogen (secondary N) is 1. The number of rotatable bonds is 0. The van der Waals surface area contributed by atoms with Gasteiger partial charge in [-0.3, -0.25) is 0 Å². The van der Waals surface area contributed by atoms with Crippen molar-refractivity contribution in [2.45, 2.75) is 52.7 Å². The summed E-state index contributed by atoms with van der Waals surface area (Å²) in [5.41, 5.74) is -0.916. The molecule has 0 radical (unpaired) electrons. The van der Waals surface area contributed by atoms with Crippen molar-refractivity contribution in [3.05, 3.63) is 29.0 Å². The summed E-state index contributed by atoms with van der Waals surface area (Å²) in [4.78, 5) is 25.9. The average molecular weight is 356 g/mol. The minimum atomic E-state index is -0.809. The van der Waals surface area contributed by atoms with Crippen LogP contribution in [0.3, 0.4) is 0 Å². The van der Waals surface area contributed by atoms with Crippen LogP contribution in [0.25, 0.3) is 0 Å². The van der Waals surface area contributed by atoms with Crippen LogP contribution in [-0.4, -0.2) is 28.4 Å². The second kappa shape index (κ2) is 9.08. The molecule has 1 aromatic heterocycles. The molecule has 0 saturated heterocycles. The van der Waals surface area contributed by atoms with E-state index in [0.717, 1.165) is 0 Å². The van der Waals surface area contributed by atoms with Gasteiger partial charge in [0.15, 0.2) is 0 Å². The van der Waals surface area contributed by atoms with Gasteiger partial charge >= 0.3 is 12.2 Å². The Bertz CT molecular complexity index is 587. The molecule has 8 heteroatoms. The molecule has 0 bridgehead atoms. The Kier molecular flexibility index (Phi) is 8.20. The molecule has 1 rings (SSSR count). The molecule has 0 atom stereocenters. The Morgan fingerprint density at radius 2 is 1.54 bits per heavy atom. The maximum Gasteiger partial charge on any atom is 0.417 e. The van der Waals surface area contributed by atoms with Gasteiger partial charge in [-0.05, 0) is 53.7 Å². The molecular formula is C16H22ClN3O4. The van der Waals surface area contributed by atoms with Gasteiger partial charge < -0.3 is 9.47 Å². The quantitative estimate of drug-likeness (QED) is 0.704. The molecule has 1 aromatic rings. The Morgan fingerprint density at radius 3 is 1.83 bits per heavy atom. The van der Waals surface area contributed by atoms with Crippen LogP contribution in [0.15, 0.2) is 18.2 Å². The number of pyridine rings is 1. The minimum absolute atomic E-state index is 0.350. The van der Waals surface area contributed by atoms with E-state index in [9.17, 15) is 9.59 Å². The van der Waals surface area contributed by atoms with Crippen molar-refractivity contribution in [3.8, 4) is 6.07 Å². The molecule has 0 aliphatic rings. The molecule has 2 amide bonds. The van der Waals surface area contributed by atoms with Crippen molar-refractivity contribution < 1.29 is 19.1 Å². The molecule has 0 aliphatic heterocycles. The highest BCUT2D eigenvalue weighted by atomic mass is 35.5. The zero-order chi connectivity index (χ0) is 19.0. The second-order valence-electron chi connectivity index (χ2n) is 6.59. The smallest absolute Gasteiger partial charge is 0.417 e. The summed E-state index contributed by atoms with van der Waals surface area (Å²) in [7, 11) is 0. The molecular weight excluding hydrogens is 334 g/mol. The first kappa shape index (κ1) is 21.7. The number of carbonyl (C=O) groups excluding carboxylic acids is 2. The number of ether oxygens (including phenoxy) is 2. The number of amides is 2. The molecule has 0 fully saturated rings. The minimum Gasteiger partial charge on any atom is -0.443 e. The number of aromatic nitrogens is 1. The van der Waals surface area contributed by atoms with Crippen LogP contribution < -0.4 is 5.32 Å². The van der Waals surface area contributed by atoms with Crippen molar-refractivity contribution in [2.24, 2.45) is 0 Å². The summed E-state index contributed by atoms with van der Waals surface area (Å²) in [6.07, 6.45) is -1.62. The van der Waals surface area contributed by atoms with Crippen LogP contribution in [0.5, 0.6) is 0 Å². The van der Waals surface area contributed by atoms with Gasteiger partial charge in [-0.15, -0.1) is 0 Å². The third kappa shape index (κ3) is 12.2. The number of imide groups is 1. The highest BCUT2D eigenvalue weighted by molar-refractivity contribution is 6.29. The van der Waals surface area contributed by atoms with E-state index in [0.29, 0.717) is 10.8 Å². The summed E-state index contributed by atoms with van der Waals surface area (Å²) in [5, 5.41) is 10.6. The standard InChI is InChI=1S/C10H19NO4.C6H3ClN2/c1-9(2,3)14-7(12)11-8(13)15-10(4,5)6;7-6-3-1-2-5(4-8)9-6/h1-6H3,(H,11,12,13);1-3H. The number of alkyl carbamates (subject to hydrolysis) is 2. The van der Waals surface area contributed by atoms with E-state index < -0.39 is 23.4 Å². The fourth-order valence-electron chi connectivity index (χ4n) is 1.16. The second-order valence-corrected chi connectivity index (χ2v) is 6.97. The molecule has 0 spiro atoms. The Hall–Kier alpha value is -2.33. The molecule has 0 saturated carbocycles. The lowest BCUT2D eigenvalue weighted by atomic mass is 10.2. The first-order valence-electron chi connectivity index (χ1n) is 7.08. The molecule has 132 valence electrons. The summed E-state index contributed by atoms with van der Waals surface area (Å²) in [6.45, 7) is 10.3. The van der Waals surface area contributed by atoms with Gasteiger partial charge in [0.1, 0.15) is 28.1 Å². The monoisotopic (exact) mass is 355 g/mol. The van der Waals surface area contributed by atoms with E-state index in [1.807, 2.05) is 11.4 Å². The Labute approximate surface area is 146 Å². The van der Waals surface area contributed by atoms with Crippen LogP contribution >= 0.6 is 11.6 Å². The molecule has 7 nitrogen and oxygen atoms in total. The number of carbonyl (C=O) groups is 2. The predicted molar refractivity (Wildman–Crippen MR) is 89.6 cm³/mol. The third-order valence-corrected chi connectivity index (χ3v) is 2.04. The molecule has 1 N–H and O–H groups in total. The lowest BCUT2D eigenvalue weighted by Gasteiger charge is -2.21. The fraction of sp³-hybridized carbons (Fsp3) is 0.500. The third-order valence-electron chi connectivity index (χ3n) is 1.83. The fourth-order valence-corrected chi connectivity index (χ4v) is 1.32. The average Bonchev–Trinajstić information content (AvgIpc) is 2.34. The first-order valence-corrected chi connectivity index (χ1v) is 7.46. The van der Waals surface area contributed by atoms with Crippen LogP contribution in [0.4, 0.5) is 9.59 Å². The van der Waals surface area contributed by atoms with Gasteiger partial charge in [-0.1, -0.05) is 17.7 Å². The maximum absolute atomic E-state index is 11.1.